The Kier molecular flexibility index (Phi) is 6.05. The van der Waals surface area contributed by atoms with E-state index in [1.54, 1.807) is 0 Å². The second kappa shape index (κ2) is 7.84. The molecule has 1 atom stereocenters. The predicted molar refractivity (Wildman–Crippen MR) is 101 cm³/mol. The minimum absolute atomic E-state index is 0.00600. The summed E-state index contributed by atoms with van der Waals surface area (Å²) in [6, 6.07) is 15.7. The zero-order valence-electron chi connectivity index (χ0n) is 14.6. The second-order valence-electron chi connectivity index (χ2n) is 6.90. The Labute approximate surface area is 152 Å². The summed E-state index contributed by atoms with van der Waals surface area (Å²) < 4.78 is 6.47. The summed E-state index contributed by atoms with van der Waals surface area (Å²) in [5.41, 5.74) is 2.49. The Bertz CT molecular complexity index is 672. The summed E-state index contributed by atoms with van der Waals surface area (Å²) in [5, 5.41) is 2.96. The fourth-order valence-electron chi connectivity index (χ4n) is 2.32. The smallest absolute Gasteiger partial charge is 0.258 e. The normalized spacial score (nSPS) is 12.5. The van der Waals surface area contributed by atoms with Crippen molar-refractivity contribution in [3.8, 4) is 5.75 Å². The fourth-order valence-corrected chi connectivity index (χ4v) is 2.58. The van der Waals surface area contributed by atoms with Crippen molar-refractivity contribution in [2.24, 2.45) is 0 Å². The molecule has 0 bridgehead atoms. The minimum atomic E-state index is -0.134. The summed E-state index contributed by atoms with van der Waals surface area (Å²) >= 11 is 3.37. The molecule has 1 N–H and O–H groups in total. The van der Waals surface area contributed by atoms with E-state index >= 15 is 0 Å². The van der Waals surface area contributed by atoms with Crippen molar-refractivity contribution in [1.29, 1.82) is 0 Å². The lowest BCUT2D eigenvalue weighted by atomic mass is 9.86. The van der Waals surface area contributed by atoms with Gasteiger partial charge in [-0.15, -0.1) is 0 Å². The molecule has 128 valence electrons. The highest BCUT2D eigenvalue weighted by Crippen LogP contribution is 2.24. The molecule has 0 spiro atoms. The van der Waals surface area contributed by atoms with Gasteiger partial charge in [0.2, 0.25) is 0 Å². The molecule has 0 aliphatic heterocycles. The number of hydrogen-bond acceptors (Lipinski definition) is 2. The third-order valence-electron chi connectivity index (χ3n) is 3.84. The molecule has 0 fully saturated rings. The SMILES string of the molecule is C[C@@H](NC(=O)COc1ccc(Br)cc1)c1ccc(C(C)(C)C)cc1. The van der Waals surface area contributed by atoms with E-state index in [1.807, 2.05) is 31.2 Å². The largest absolute Gasteiger partial charge is 0.484 e. The number of amides is 1. The topological polar surface area (TPSA) is 38.3 Å². The Balaban J connectivity index is 1.88. The molecular formula is C20H24BrNO2. The Morgan fingerprint density at radius 3 is 2.21 bits per heavy atom. The Morgan fingerprint density at radius 1 is 1.08 bits per heavy atom. The first kappa shape index (κ1) is 18.5. The number of nitrogens with one attached hydrogen (secondary N) is 1. The van der Waals surface area contributed by atoms with Crippen LogP contribution in [0.5, 0.6) is 5.75 Å². The van der Waals surface area contributed by atoms with Gasteiger partial charge in [0.1, 0.15) is 5.75 Å². The van der Waals surface area contributed by atoms with Gasteiger partial charge < -0.3 is 10.1 Å². The molecule has 0 unspecified atom stereocenters. The van der Waals surface area contributed by atoms with Crippen molar-refractivity contribution in [1.82, 2.24) is 5.32 Å². The van der Waals surface area contributed by atoms with E-state index in [0.717, 1.165) is 10.0 Å². The van der Waals surface area contributed by atoms with Crippen LogP contribution in [0.2, 0.25) is 0 Å². The number of ether oxygens (including phenoxy) is 1. The van der Waals surface area contributed by atoms with Crippen LogP contribution in [0, 0.1) is 0 Å². The Morgan fingerprint density at radius 2 is 1.67 bits per heavy atom. The van der Waals surface area contributed by atoms with Gasteiger partial charge in [-0.25, -0.2) is 0 Å². The molecule has 0 saturated heterocycles. The number of hydrogen-bond donors (Lipinski definition) is 1. The minimum Gasteiger partial charge on any atom is -0.484 e. The van der Waals surface area contributed by atoms with Crippen LogP contribution >= 0.6 is 15.9 Å². The molecule has 0 aliphatic rings. The number of carbonyl (C=O) groups is 1. The predicted octanol–water partition coefficient (Wildman–Crippen LogP) is 5.00. The van der Waals surface area contributed by atoms with Crippen LogP contribution in [0.4, 0.5) is 0 Å². The average molecular weight is 390 g/mol. The van der Waals surface area contributed by atoms with Crippen LogP contribution in [0.1, 0.15) is 44.9 Å². The lowest BCUT2D eigenvalue weighted by Gasteiger charge is -2.20. The van der Waals surface area contributed by atoms with Crippen molar-refractivity contribution in [2.45, 2.75) is 39.2 Å². The van der Waals surface area contributed by atoms with Crippen LogP contribution in [-0.2, 0) is 10.2 Å². The van der Waals surface area contributed by atoms with Gasteiger partial charge >= 0.3 is 0 Å². The van der Waals surface area contributed by atoms with Gasteiger partial charge in [-0.05, 0) is 47.7 Å². The van der Waals surface area contributed by atoms with Crippen molar-refractivity contribution in [2.75, 3.05) is 6.61 Å². The van der Waals surface area contributed by atoms with Crippen LogP contribution in [0.3, 0.4) is 0 Å². The van der Waals surface area contributed by atoms with Gasteiger partial charge in [0.05, 0.1) is 6.04 Å². The van der Waals surface area contributed by atoms with Gasteiger partial charge in [-0.2, -0.15) is 0 Å². The Hall–Kier alpha value is -1.81. The summed E-state index contributed by atoms with van der Waals surface area (Å²) in [5.74, 6) is 0.542. The van der Waals surface area contributed by atoms with Gasteiger partial charge in [0.25, 0.3) is 5.91 Å². The summed E-state index contributed by atoms with van der Waals surface area (Å²) in [6.45, 7) is 8.54. The molecule has 2 rings (SSSR count). The molecule has 2 aromatic carbocycles. The van der Waals surface area contributed by atoms with Gasteiger partial charge in [0.15, 0.2) is 6.61 Å². The van der Waals surface area contributed by atoms with E-state index in [2.05, 4.69) is 66.3 Å². The van der Waals surface area contributed by atoms with Gasteiger partial charge in [-0.1, -0.05) is 61.0 Å². The molecule has 0 aliphatic carbocycles. The molecule has 0 radical (unpaired) electrons. The van der Waals surface area contributed by atoms with Crippen molar-refractivity contribution in [3.05, 3.63) is 64.1 Å². The second-order valence-corrected chi connectivity index (χ2v) is 7.82. The van der Waals surface area contributed by atoms with Gasteiger partial charge in [-0.3, -0.25) is 4.79 Å². The third-order valence-corrected chi connectivity index (χ3v) is 4.37. The average Bonchev–Trinajstić information content (AvgIpc) is 2.53. The van der Waals surface area contributed by atoms with E-state index < -0.39 is 0 Å². The standard InChI is InChI=1S/C20H24BrNO2/c1-14(15-5-7-16(8-6-15)20(2,3)4)22-19(23)13-24-18-11-9-17(21)10-12-18/h5-12,14H,13H2,1-4H3,(H,22,23)/t14-/m1/s1. The monoisotopic (exact) mass is 389 g/mol. The van der Waals surface area contributed by atoms with E-state index in [1.165, 1.54) is 5.56 Å². The summed E-state index contributed by atoms with van der Waals surface area (Å²) in [6.07, 6.45) is 0. The van der Waals surface area contributed by atoms with Crippen LogP contribution in [0.25, 0.3) is 0 Å². The highest BCUT2D eigenvalue weighted by atomic mass is 79.9. The number of halogens is 1. The summed E-state index contributed by atoms with van der Waals surface area (Å²) in [7, 11) is 0. The van der Waals surface area contributed by atoms with Crippen molar-refractivity contribution in [3.63, 3.8) is 0 Å². The molecule has 24 heavy (non-hydrogen) atoms. The van der Waals surface area contributed by atoms with Crippen molar-refractivity contribution >= 4 is 21.8 Å². The molecule has 3 nitrogen and oxygen atoms in total. The zero-order chi connectivity index (χ0) is 17.7. The lowest BCUT2D eigenvalue weighted by molar-refractivity contribution is -0.123. The van der Waals surface area contributed by atoms with E-state index in [4.69, 9.17) is 4.74 Å². The highest BCUT2D eigenvalue weighted by Gasteiger charge is 2.15. The molecule has 0 heterocycles. The van der Waals surface area contributed by atoms with Gasteiger partial charge in [0, 0.05) is 4.47 Å². The molecule has 4 heteroatoms. The number of carbonyl (C=O) groups excluding carboxylic acids is 1. The van der Waals surface area contributed by atoms with Crippen molar-refractivity contribution < 1.29 is 9.53 Å². The molecule has 0 aromatic heterocycles. The quantitative estimate of drug-likeness (QED) is 0.780. The maximum atomic E-state index is 12.0. The van der Waals surface area contributed by atoms with E-state index in [-0.39, 0.29) is 24.0 Å². The third kappa shape index (κ3) is 5.38. The van der Waals surface area contributed by atoms with E-state index in [9.17, 15) is 4.79 Å². The first-order valence-electron chi connectivity index (χ1n) is 8.04. The lowest BCUT2D eigenvalue weighted by Crippen LogP contribution is -2.31. The molecular weight excluding hydrogens is 366 g/mol. The summed E-state index contributed by atoms with van der Waals surface area (Å²) in [4.78, 5) is 12.0. The van der Waals surface area contributed by atoms with E-state index in [0.29, 0.717) is 5.75 Å². The fraction of sp³-hybridized carbons (Fsp3) is 0.350. The first-order valence-corrected chi connectivity index (χ1v) is 8.83. The van der Waals surface area contributed by atoms with Crippen LogP contribution < -0.4 is 10.1 Å². The maximum absolute atomic E-state index is 12.0. The molecule has 1 amide bonds. The number of rotatable bonds is 5. The molecule has 2 aromatic rings. The molecule has 0 saturated carbocycles. The first-order chi connectivity index (χ1) is 11.3. The van der Waals surface area contributed by atoms with Crippen LogP contribution in [-0.4, -0.2) is 12.5 Å². The van der Waals surface area contributed by atoms with Crippen LogP contribution in [0.15, 0.2) is 53.0 Å². The highest BCUT2D eigenvalue weighted by molar-refractivity contribution is 9.10. The zero-order valence-corrected chi connectivity index (χ0v) is 16.2. The maximum Gasteiger partial charge on any atom is 0.258 e. The number of benzene rings is 2.